The highest BCUT2D eigenvalue weighted by atomic mass is 16.5. The van der Waals surface area contributed by atoms with Crippen molar-refractivity contribution in [3.63, 3.8) is 0 Å². The van der Waals surface area contributed by atoms with Crippen molar-refractivity contribution in [2.75, 3.05) is 13.2 Å². The highest BCUT2D eigenvalue weighted by Gasteiger charge is 2.18. The molecule has 0 amide bonds. The molecule has 3 aromatic carbocycles. The van der Waals surface area contributed by atoms with E-state index in [1.165, 1.54) is 0 Å². The van der Waals surface area contributed by atoms with Gasteiger partial charge in [-0.25, -0.2) is 4.99 Å². The van der Waals surface area contributed by atoms with Crippen LogP contribution in [0, 0.1) is 6.92 Å². The first-order valence-corrected chi connectivity index (χ1v) is 8.71. The van der Waals surface area contributed by atoms with E-state index < -0.39 is 0 Å². The molecule has 1 heterocycles. The maximum atomic E-state index is 12.6. The fourth-order valence-corrected chi connectivity index (χ4v) is 3.24. The zero-order valence-corrected chi connectivity index (χ0v) is 14.6. The van der Waals surface area contributed by atoms with Gasteiger partial charge in [-0.15, -0.1) is 0 Å². The summed E-state index contributed by atoms with van der Waals surface area (Å²) in [7, 11) is 0. The van der Waals surface area contributed by atoms with Crippen LogP contribution in [0.15, 0.2) is 77.8 Å². The Balaban J connectivity index is 1.70. The van der Waals surface area contributed by atoms with E-state index in [0.717, 1.165) is 22.3 Å². The maximum absolute atomic E-state index is 12.6. The predicted octanol–water partition coefficient (Wildman–Crippen LogP) is 4.67. The number of benzene rings is 3. The Hall–Kier alpha value is -3.20. The molecule has 128 valence electrons. The second-order valence-electron chi connectivity index (χ2n) is 6.31. The van der Waals surface area contributed by atoms with Gasteiger partial charge < -0.3 is 4.74 Å². The molecular weight excluding hydrogens is 322 g/mol. The number of ketones is 1. The predicted molar refractivity (Wildman–Crippen MR) is 104 cm³/mol. The van der Waals surface area contributed by atoms with Crippen LogP contribution in [0.5, 0.6) is 0 Å². The molecule has 26 heavy (non-hydrogen) atoms. The van der Waals surface area contributed by atoms with Gasteiger partial charge >= 0.3 is 0 Å². The van der Waals surface area contributed by atoms with Gasteiger partial charge in [0.2, 0.25) is 5.90 Å². The molecule has 3 heteroatoms. The van der Waals surface area contributed by atoms with Crippen molar-refractivity contribution in [2.45, 2.75) is 6.92 Å². The zero-order chi connectivity index (χ0) is 17.9. The van der Waals surface area contributed by atoms with Gasteiger partial charge in [0.1, 0.15) is 6.61 Å². The fourth-order valence-electron chi connectivity index (χ4n) is 3.24. The number of hydrogen-bond donors (Lipinski definition) is 0. The maximum Gasteiger partial charge on any atom is 0.217 e. The van der Waals surface area contributed by atoms with E-state index in [1.54, 1.807) is 0 Å². The highest BCUT2D eigenvalue weighted by Crippen LogP contribution is 2.28. The largest absolute Gasteiger partial charge is 0.475 e. The summed E-state index contributed by atoms with van der Waals surface area (Å²) in [6, 6.07) is 23.3. The number of nitrogens with zero attached hydrogens (tertiary/aromatic N) is 1. The summed E-state index contributed by atoms with van der Waals surface area (Å²) >= 11 is 0. The van der Waals surface area contributed by atoms with Gasteiger partial charge in [0.15, 0.2) is 5.78 Å². The molecule has 0 unspecified atom stereocenters. The molecule has 0 bridgehead atoms. The van der Waals surface area contributed by atoms with Crippen LogP contribution in [-0.2, 0) is 4.74 Å². The SMILES string of the molecule is Cc1cccc(-c2ccc(C(=O)c3ccccc3)cc2)c1C1=NCCO1. The van der Waals surface area contributed by atoms with E-state index >= 15 is 0 Å². The van der Waals surface area contributed by atoms with Crippen LogP contribution in [0.2, 0.25) is 0 Å². The summed E-state index contributed by atoms with van der Waals surface area (Å²) in [5.74, 6) is 0.743. The molecule has 3 aromatic rings. The van der Waals surface area contributed by atoms with E-state index in [1.807, 2.05) is 60.7 Å². The molecule has 0 fully saturated rings. The third kappa shape index (κ3) is 3.04. The average Bonchev–Trinajstić information content (AvgIpc) is 3.22. The number of carbonyl (C=O) groups is 1. The number of aliphatic imine (C=N–C) groups is 1. The Kier molecular flexibility index (Phi) is 4.36. The Morgan fingerprint density at radius 3 is 2.31 bits per heavy atom. The fraction of sp³-hybridized carbons (Fsp3) is 0.130. The van der Waals surface area contributed by atoms with Crippen molar-refractivity contribution in [3.05, 3.63) is 95.1 Å². The number of carbonyl (C=O) groups excluding carboxylic acids is 1. The molecule has 0 saturated heterocycles. The van der Waals surface area contributed by atoms with Crippen LogP contribution in [0.25, 0.3) is 11.1 Å². The quantitative estimate of drug-likeness (QED) is 0.647. The van der Waals surface area contributed by atoms with Crippen LogP contribution in [0.4, 0.5) is 0 Å². The number of hydrogen-bond acceptors (Lipinski definition) is 3. The molecule has 0 aliphatic carbocycles. The number of ether oxygens (including phenoxy) is 1. The molecular formula is C23H19NO2. The number of aryl methyl sites for hydroxylation is 1. The minimum atomic E-state index is 0.0325. The molecule has 4 rings (SSSR count). The topological polar surface area (TPSA) is 38.7 Å². The summed E-state index contributed by atoms with van der Waals surface area (Å²) in [6.07, 6.45) is 0. The molecule has 1 aliphatic rings. The summed E-state index contributed by atoms with van der Waals surface area (Å²) in [6.45, 7) is 3.40. The van der Waals surface area contributed by atoms with E-state index in [4.69, 9.17) is 4.74 Å². The standard InChI is InChI=1S/C23H19NO2/c1-16-6-5-9-20(21(16)23-24-14-15-26-23)17-10-12-19(13-11-17)22(25)18-7-3-2-4-8-18/h2-13H,14-15H2,1H3. The molecule has 0 aromatic heterocycles. The van der Waals surface area contributed by atoms with E-state index in [-0.39, 0.29) is 5.78 Å². The Morgan fingerprint density at radius 2 is 1.62 bits per heavy atom. The van der Waals surface area contributed by atoms with Crippen LogP contribution in [0.3, 0.4) is 0 Å². The van der Waals surface area contributed by atoms with Crippen molar-refractivity contribution in [2.24, 2.45) is 4.99 Å². The second kappa shape index (κ2) is 6.96. The van der Waals surface area contributed by atoms with Gasteiger partial charge in [0, 0.05) is 16.7 Å². The van der Waals surface area contributed by atoms with Crippen LogP contribution in [0.1, 0.15) is 27.0 Å². The van der Waals surface area contributed by atoms with Crippen molar-refractivity contribution < 1.29 is 9.53 Å². The smallest absolute Gasteiger partial charge is 0.217 e. The van der Waals surface area contributed by atoms with Crippen molar-refractivity contribution in [1.29, 1.82) is 0 Å². The van der Waals surface area contributed by atoms with Crippen molar-refractivity contribution >= 4 is 11.7 Å². The molecule has 0 radical (unpaired) electrons. The van der Waals surface area contributed by atoms with Gasteiger partial charge in [-0.3, -0.25) is 4.79 Å². The van der Waals surface area contributed by atoms with Gasteiger partial charge in [-0.2, -0.15) is 0 Å². The molecule has 0 saturated carbocycles. The Labute approximate surface area is 153 Å². The summed E-state index contributed by atoms with van der Waals surface area (Å²) in [5.41, 5.74) is 5.67. The minimum absolute atomic E-state index is 0.0325. The van der Waals surface area contributed by atoms with E-state index in [9.17, 15) is 4.79 Å². The second-order valence-corrected chi connectivity index (χ2v) is 6.31. The normalized spacial score (nSPS) is 13.2. The van der Waals surface area contributed by atoms with Gasteiger partial charge in [-0.05, 0) is 23.6 Å². The first kappa shape index (κ1) is 16.3. The third-order valence-electron chi connectivity index (χ3n) is 4.57. The lowest BCUT2D eigenvalue weighted by Crippen LogP contribution is -2.06. The van der Waals surface area contributed by atoms with Gasteiger partial charge in [0.05, 0.1) is 6.54 Å². The third-order valence-corrected chi connectivity index (χ3v) is 4.57. The minimum Gasteiger partial charge on any atom is -0.475 e. The average molecular weight is 341 g/mol. The lowest BCUT2D eigenvalue weighted by molar-refractivity contribution is 0.103. The van der Waals surface area contributed by atoms with Gasteiger partial charge in [-0.1, -0.05) is 72.8 Å². The zero-order valence-electron chi connectivity index (χ0n) is 14.6. The lowest BCUT2D eigenvalue weighted by atomic mass is 9.94. The molecule has 0 atom stereocenters. The highest BCUT2D eigenvalue weighted by molar-refractivity contribution is 6.09. The lowest BCUT2D eigenvalue weighted by Gasteiger charge is -2.13. The van der Waals surface area contributed by atoms with Crippen molar-refractivity contribution in [1.82, 2.24) is 0 Å². The van der Waals surface area contributed by atoms with Crippen LogP contribution in [-0.4, -0.2) is 24.8 Å². The Bertz CT molecular complexity index is 973. The molecule has 1 aliphatic heterocycles. The van der Waals surface area contributed by atoms with Crippen molar-refractivity contribution in [3.8, 4) is 11.1 Å². The molecule has 0 N–H and O–H groups in total. The summed E-state index contributed by atoms with van der Waals surface area (Å²) in [5, 5.41) is 0. The van der Waals surface area contributed by atoms with Crippen LogP contribution >= 0.6 is 0 Å². The molecule has 0 spiro atoms. The first-order chi connectivity index (χ1) is 12.7. The summed E-state index contributed by atoms with van der Waals surface area (Å²) in [4.78, 5) is 17.1. The Morgan fingerprint density at radius 1 is 0.885 bits per heavy atom. The van der Waals surface area contributed by atoms with Crippen LogP contribution < -0.4 is 0 Å². The van der Waals surface area contributed by atoms with E-state index in [0.29, 0.717) is 30.2 Å². The monoisotopic (exact) mass is 341 g/mol. The first-order valence-electron chi connectivity index (χ1n) is 8.71. The summed E-state index contributed by atoms with van der Waals surface area (Å²) < 4.78 is 5.70. The number of rotatable bonds is 4. The molecule has 3 nitrogen and oxygen atoms in total. The van der Waals surface area contributed by atoms with Gasteiger partial charge in [0.25, 0.3) is 0 Å². The van der Waals surface area contributed by atoms with E-state index in [2.05, 4.69) is 24.0 Å².